The molecule has 2 aromatic heterocycles. The first-order chi connectivity index (χ1) is 11.8. The lowest BCUT2D eigenvalue weighted by Crippen LogP contribution is -2.54. The second-order valence-electron chi connectivity index (χ2n) is 5.88. The predicted molar refractivity (Wildman–Crippen MR) is 91.7 cm³/mol. The Hall–Kier alpha value is -2.79. The zero-order valence-electron chi connectivity index (χ0n) is 13.3. The number of likely N-dealkylation sites (tertiary alicyclic amines) is 1. The summed E-state index contributed by atoms with van der Waals surface area (Å²) in [6, 6.07) is 13.4. The molecule has 3 aromatic rings. The molecule has 24 heavy (non-hydrogen) atoms. The van der Waals surface area contributed by atoms with Crippen molar-refractivity contribution in [3.8, 4) is 11.3 Å². The zero-order valence-corrected chi connectivity index (χ0v) is 13.3. The Balaban J connectivity index is 1.80. The topological polar surface area (TPSA) is 55.3 Å². The molecule has 1 fully saturated rings. The molecule has 0 saturated carbocycles. The fourth-order valence-corrected chi connectivity index (χ4v) is 2.94. The Bertz CT molecular complexity index is 890. The van der Waals surface area contributed by atoms with Crippen LogP contribution in [0.3, 0.4) is 0 Å². The highest BCUT2D eigenvalue weighted by molar-refractivity contribution is 6.07. The van der Waals surface area contributed by atoms with E-state index in [1.807, 2.05) is 47.4 Å². The molecule has 0 bridgehead atoms. The highest BCUT2D eigenvalue weighted by Crippen LogP contribution is 2.26. The van der Waals surface area contributed by atoms with E-state index >= 15 is 0 Å². The van der Waals surface area contributed by atoms with Gasteiger partial charge in [0.05, 0.1) is 22.9 Å². The molecule has 0 spiro atoms. The number of carbonyl (C=O) groups is 1. The third kappa shape index (κ3) is 2.53. The van der Waals surface area contributed by atoms with Crippen molar-refractivity contribution >= 4 is 16.8 Å². The summed E-state index contributed by atoms with van der Waals surface area (Å²) in [6.07, 6.45) is 3.62. The Morgan fingerprint density at radius 1 is 1.21 bits per heavy atom. The Morgan fingerprint density at radius 3 is 2.79 bits per heavy atom. The molecule has 0 unspecified atom stereocenters. The van der Waals surface area contributed by atoms with E-state index in [9.17, 15) is 4.79 Å². The van der Waals surface area contributed by atoms with Crippen LogP contribution in [0.1, 0.15) is 10.4 Å². The molecular weight excluding hydrogens is 302 g/mol. The predicted octanol–water partition coefficient (Wildman–Crippen LogP) is 2.77. The first kappa shape index (κ1) is 14.8. The number of ether oxygens (including phenoxy) is 1. The molecule has 5 nitrogen and oxygen atoms in total. The van der Waals surface area contributed by atoms with Gasteiger partial charge < -0.3 is 9.64 Å². The number of hydrogen-bond acceptors (Lipinski definition) is 4. The van der Waals surface area contributed by atoms with Gasteiger partial charge >= 0.3 is 0 Å². The number of carbonyl (C=O) groups excluding carboxylic acids is 1. The van der Waals surface area contributed by atoms with Crippen molar-refractivity contribution in [1.82, 2.24) is 14.9 Å². The van der Waals surface area contributed by atoms with E-state index in [-0.39, 0.29) is 12.0 Å². The van der Waals surface area contributed by atoms with Crippen molar-refractivity contribution in [2.45, 2.75) is 6.10 Å². The molecular formula is C19H17N3O2. The van der Waals surface area contributed by atoms with Crippen molar-refractivity contribution in [2.24, 2.45) is 0 Å². The summed E-state index contributed by atoms with van der Waals surface area (Å²) < 4.78 is 5.27. The molecule has 3 heterocycles. The van der Waals surface area contributed by atoms with Crippen molar-refractivity contribution < 1.29 is 9.53 Å². The zero-order chi connectivity index (χ0) is 16.5. The summed E-state index contributed by atoms with van der Waals surface area (Å²) in [6.45, 7) is 1.27. The molecule has 0 N–H and O–H groups in total. The molecule has 0 radical (unpaired) electrons. The van der Waals surface area contributed by atoms with Gasteiger partial charge in [0.15, 0.2) is 0 Å². The van der Waals surface area contributed by atoms with Gasteiger partial charge in [0.25, 0.3) is 5.91 Å². The maximum absolute atomic E-state index is 12.9. The average molecular weight is 319 g/mol. The summed E-state index contributed by atoms with van der Waals surface area (Å²) >= 11 is 0. The van der Waals surface area contributed by atoms with Crippen LogP contribution in [0.5, 0.6) is 0 Å². The summed E-state index contributed by atoms with van der Waals surface area (Å²) in [5, 5.41) is 0.871. The van der Waals surface area contributed by atoms with Crippen molar-refractivity contribution in [3.63, 3.8) is 0 Å². The molecule has 0 aliphatic carbocycles. The lowest BCUT2D eigenvalue weighted by molar-refractivity contribution is -0.0191. The Labute approximate surface area is 139 Å². The number of aromatic nitrogens is 2. The van der Waals surface area contributed by atoms with E-state index in [2.05, 4.69) is 9.97 Å². The Morgan fingerprint density at radius 2 is 2.04 bits per heavy atom. The maximum Gasteiger partial charge on any atom is 0.254 e. The molecule has 1 aliphatic heterocycles. The van der Waals surface area contributed by atoms with E-state index in [0.717, 1.165) is 22.2 Å². The molecule has 1 amide bonds. The van der Waals surface area contributed by atoms with Gasteiger partial charge in [0.1, 0.15) is 0 Å². The first-order valence-electron chi connectivity index (χ1n) is 7.88. The van der Waals surface area contributed by atoms with Crippen molar-refractivity contribution in [1.29, 1.82) is 0 Å². The lowest BCUT2D eigenvalue weighted by atomic mass is 10.0. The highest BCUT2D eigenvalue weighted by atomic mass is 16.5. The van der Waals surface area contributed by atoms with Crippen LogP contribution in [0.4, 0.5) is 0 Å². The fraction of sp³-hybridized carbons (Fsp3) is 0.211. The molecule has 1 saturated heterocycles. The number of hydrogen-bond donors (Lipinski definition) is 0. The second kappa shape index (κ2) is 6.02. The van der Waals surface area contributed by atoms with Crippen molar-refractivity contribution in [2.75, 3.05) is 20.2 Å². The molecule has 5 heteroatoms. The van der Waals surface area contributed by atoms with Crippen LogP contribution in [-0.2, 0) is 4.74 Å². The third-order valence-electron chi connectivity index (χ3n) is 4.37. The third-order valence-corrected chi connectivity index (χ3v) is 4.37. The molecule has 4 rings (SSSR count). The van der Waals surface area contributed by atoms with Gasteiger partial charge in [-0.15, -0.1) is 0 Å². The van der Waals surface area contributed by atoms with Crippen LogP contribution < -0.4 is 0 Å². The Kier molecular flexibility index (Phi) is 3.70. The maximum atomic E-state index is 12.9. The number of rotatable bonds is 3. The highest BCUT2D eigenvalue weighted by Gasteiger charge is 2.32. The SMILES string of the molecule is COC1CN(C(=O)c2cc(-c3cccnc3)nc3ccccc23)C1. The van der Waals surface area contributed by atoms with Gasteiger partial charge in [-0.05, 0) is 24.3 Å². The standard InChI is InChI=1S/C19H17N3O2/c1-24-14-11-22(12-14)19(23)16-9-18(13-5-4-8-20-10-13)21-17-7-3-2-6-15(16)17/h2-10,14H,11-12H2,1H3. The van der Waals surface area contributed by atoms with E-state index < -0.39 is 0 Å². The van der Waals surface area contributed by atoms with Crippen molar-refractivity contribution in [3.05, 3.63) is 60.4 Å². The number of pyridine rings is 2. The van der Waals surface area contributed by atoms with Crippen LogP contribution in [-0.4, -0.2) is 47.1 Å². The number of nitrogens with zero attached hydrogens (tertiary/aromatic N) is 3. The number of para-hydroxylation sites is 1. The molecule has 1 aromatic carbocycles. The minimum Gasteiger partial charge on any atom is -0.378 e. The average Bonchev–Trinajstić information content (AvgIpc) is 2.60. The van der Waals surface area contributed by atoms with E-state index in [1.54, 1.807) is 19.5 Å². The van der Waals surface area contributed by atoms with Gasteiger partial charge in [-0.25, -0.2) is 4.98 Å². The van der Waals surface area contributed by atoms with E-state index in [4.69, 9.17) is 4.74 Å². The van der Waals surface area contributed by atoms with Crippen LogP contribution >= 0.6 is 0 Å². The lowest BCUT2D eigenvalue weighted by Gasteiger charge is -2.38. The van der Waals surface area contributed by atoms with E-state index in [1.165, 1.54) is 0 Å². The molecule has 0 atom stereocenters. The largest absolute Gasteiger partial charge is 0.378 e. The minimum atomic E-state index is 0.0204. The minimum absolute atomic E-state index is 0.0204. The number of methoxy groups -OCH3 is 1. The van der Waals surface area contributed by atoms with Gasteiger partial charge in [0.2, 0.25) is 0 Å². The summed E-state index contributed by atoms with van der Waals surface area (Å²) in [7, 11) is 1.68. The number of amides is 1. The normalized spacial score (nSPS) is 14.6. The summed E-state index contributed by atoms with van der Waals surface area (Å²) in [5.41, 5.74) is 3.14. The molecule has 1 aliphatic rings. The van der Waals surface area contributed by atoms with Gasteiger partial charge in [-0.1, -0.05) is 18.2 Å². The van der Waals surface area contributed by atoms with Crippen LogP contribution in [0.25, 0.3) is 22.2 Å². The van der Waals surface area contributed by atoms with Gasteiger partial charge in [-0.2, -0.15) is 0 Å². The second-order valence-corrected chi connectivity index (χ2v) is 5.88. The summed E-state index contributed by atoms with van der Waals surface area (Å²) in [4.78, 5) is 23.6. The van der Waals surface area contributed by atoms with Gasteiger partial charge in [0, 0.05) is 43.5 Å². The van der Waals surface area contributed by atoms with Crippen LogP contribution in [0, 0.1) is 0 Å². The number of benzene rings is 1. The fourth-order valence-electron chi connectivity index (χ4n) is 2.94. The molecule has 120 valence electrons. The van der Waals surface area contributed by atoms with Crippen LogP contribution in [0.15, 0.2) is 54.9 Å². The van der Waals surface area contributed by atoms with E-state index in [0.29, 0.717) is 18.7 Å². The number of fused-ring (bicyclic) bond motifs is 1. The monoisotopic (exact) mass is 319 g/mol. The first-order valence-corrected chi connectivity index (χ1v) is 7.88. The smallest absolute Gasteiger partial charge is 0.254 e. The van der Waals surface area contributed by atoms with Gasteiger partial charge in [-0.3, -0.25) is 9.78 Å². The summed E-state index contributed by atoms with van der Waals surface area (Å²) in [5.74, 6) is 0.0204. The van der Waals surface area contributed by atoms with Crippen LogP contribution in [0.2, 0.25) is 0 Å². The quantitative estimate of drug-likeness (QED) is 0.745.